The van der Waals surface area contributed by atoms with Crippen molar-refractivity contribution in [3.63, 3.8) is 0 Å². The molecule has 162 valence electrons. The van der Waals surface area contributed by atoms with Gasteiger partial charge in [0.15, 0.2) is 0 Å². The van der Waals surface area contributed by atoms with E-state index in [1.54, 1.807) is 30.3 Å². The van der Waals surface area contributed by atoms with E-state index < -0.39 is 5.97 Å². The maximum Gasteiger partial charge on any atom is 0.342 e. The molecular formula is C22H14BrClN2O5S. The third-order valence-electron chi connectivity index (χ3n) is 4.24. The van der Waals surface area contributed by atoms with Gasteiger partial charge < -0.3 is 18.7 Å². The van der Waals surface area contributed by atoms with Crippen LogP contribution in [0.25, 0.3) is 28.9 Å². The Kier molecular flexibility index (Phi) is 6.69. The van der Waals surface area contributed by atoms with E-state index in [-0.39, 0.29) is 16.0 Å². The van der Waals surface area contributed by atoms with Crippen LogP contribution >= 0.6 is 39.3 Å². The van der Waals surface area contributed by atoms with Gasteiger partial charge in [0, 0.05) is 21.1 Å². The molecule has 0 saturated heterocycles. The predicted molar refractivity (Wildman–Crippen MR) is 125 cm³/mol. The monoisotopic (exact) mass is 532 g/mol. The second kappa shape index (κ2) is 9.64. The van der Waals surface area contributed by atoms with E-state index in [1.165, 1.54) is 13.2 Å². The minimum absolute atomic E-state index is 0.0463. The first-order chi connectivity index (χ1) is 15.4. The Balaban J connectivity index is 1.58. The number of carboxylic acid groups (broad SMARTS) is 1. The topological polar surface area (TPSA) is 98.6 Å². The quantitative estimate of drug-likeness (QED) is 0.208. The molecule has 1 N–H and O–H groups in total. The van der Waals surface area contributed by atoms with E-state index in [1.807, 2.05) is 24.3 Å². The maximum atomic E-state index is 11.8. The van der Waals surface area contributed by atoms with Gasteiger partial charge in [0.1, 0.15) is 22.2 Å². The summed E-state index contributed by atoms with van der Waals surface area (Å²) in [6.07, 6.45) is 1.40. The molecule has 2 aromatic heterocycles. The molecule has 0 aliphatic heterocycles. The Morgan fingerprint density at radius 1 is 1.12 bits per heavy atom. The number of hydrogen-bond donors (Lipinski definition) is 1. The minimum atomic E-state index is -1.16. The number of aliphatic carboxylic acids is 1. The molecule has 0 bridgehead atoms. The van der Waals surface area contributed by atoms with Crippen LogP contribution in [0.1, 0.15) is 5.76 Å². The summed E-state index contributed by atoms with van der Waals surface area (Å²) in [7, 11) is 1.51. The Hall–Kier alpha value is -3.01. The van der Waals surface area contributed by atoms with Crippen molar-refractivity contribution >= 4 is 51.3 Å². The number of rotatable bonds is 7. The molecule has 7 nitrogen and oxygen atoms in total. The normalized spacial score (nSPS) is 11.5. The van der Waals surface area contributed by atoms with Crippen molar-refractivity contribution in [2.75, 3.05) is 7.11 Å². The largest absolute Gasteiger partial charge is 0.496 e. The highest BCUT2D eigenvalue weighted by Gasteiger charge is 2.19. The molecule has 0 saturated carbocycles. The molecule has 2 aromatic carbocycles. The van der Waals surface area contributed by atoms with Crippen molar-refractivity contribution in [3.8, 4) is 28.5 Å². The molecule has 0 atom stereocenters. The van der Waals surface area contributed by atoms with Crippen LogP contribution in [0.15, 0.2) is 78.0 Å². The second-order valence-corrected chi connectivity index (χ2v) is 8.69. The number of halogens is 2. The SMILES string of the molecule is COc1ccc(Cl)cc1-c1nnc(S/C(=C\c2ccc(-c3ccc(Br)cc3)o2)C(=O)O)o1. The fourth-order valence-corrected chi connectivity index (χ4v) is 3.85. The van der Waals surface area contributed by atoms with Crippen LogP contribution in [0.5, 0.6) is 5.75 Å². The smallest absolute Gasteiger partial charge is 0.342 e. The molecule has 2 heterocycles. The lowest BCUT2D eigenvalue weighted by Gasteiger charge is -2.04. The number of thioether (sulfide) groups is 1. The van der Waals surface area contributed by atoms with E-state index in [4.69, 9.17) is 25.2 Å². The summed E-state index contributed by atoms with van der Waals surface area (Å²) in [6, 6.07) is 16.0. The lowest BCUT2D eigenvalue weighted by atomic mass is 10.2. The first-order valence-electron chi connectivity index (χ1n) is 9.09. The predicted octanol–water partition coefficient (Wildman–Crippen LogP) is 6.64. The zero-order chi connectivity index (χ0) is 22.7. The van der Waals surface area contributed by atoms with Crippen LogP contribution < -0.4 is 4.74 Å². The van der Waals surface area contributed by atoms with Crippen LogP contribution in [0, 0.1) is 0 Å². The Labute approximate surface area is 200 Å². The average molecular weight is 534 g/mol. The van der Waals surface area contributed by atoms with Gasteiger partial charge in [-0.1, -0.05) is 39.7 Å². The van der Waals surface area contributed by atoms with Crippen LogP contribution in [0.2, 0.25) is 5.02 Å². The van der Waals surface area contributed by atoms with Gasteiger partial charge in [0.25, 0.3) is 11.1 Å². The molecule has 4 aromatic rings. The zero-order valence-electron chi connectivity index (χ0n) is 16.4. The third-order valence-corrected chi connectivity index (χ3v) is 5.85. The fourth-order valence-electron chi connectivity index (χ4n) is 2.77. The maximum absolute atomic E-state index is 11.8. The molecule has 0 spiro atoms. The summed E-state index contributed by atoms with van der Waals surface area (Å²) in [5.41, 5.74) is 1.37. The van der Waals surface area contributed by atoms with Crippen molar-refractivity contribution in [2.24, 2.45) is 0 Å². The van der Waals surface area contributed by atoms with Crippen molar-refractivity contribution in [3.05, 3.63) is 74.8 Å². The number of ether oxygens (including phenoxy) is 1. The molecule has 32 heavy (non-hydrogen) atoms. The van der Waals surface area contributed by atoms with E-state index in [9.17, 15) is 9.90 Å². The summed E-state index contributed by atoms with van der Waals surface area (Å²) < 4.78 is 17.7. The first-order valence-corrected chi connectivity index (χ1v) is 11.1. The number of furan rings is 1. The first kappa shape index (κ1) is 22.2. The van der Waals surface area contributed by atoms with Crippen molar-refractivity contribution < 1.29 is 23.5 Å². The summed E-state index contributed by atoms with van der Waals surface area (Å²) in [6.45, 7) is 0. The number of carboxylic acids is 1. The Morgan fingerprint density at radius 3 is 2.62 bits per heavy atom. The number of benzene rings is 2. The summed E-state index contributed by atoms with van der Waals surface area (Å²) >= 11 is 10.3. The molecule has 10 heteroatoms. The van der Waals surface area contributed by atoms with Crippen LogP contribution in [0.3, 0.4) is 0 Å². The summed E-state index contributed by atoms with van der Waals surface area (Å²) in [5.74, 6) is 0.499. The standard InChI is InChI=1S/C22H14BrClN2O5S/c1-29-18-8-6-14(24)10-16(18)20-25-26-22(31-20)32-19(21(27)28)11-15-7-9-17(30-15)12-2-4-13(23)5-3-12/h2-11H,1H3,(H,27,28)/b19-11-. The van der Waals surface area contributed by atoms with Gasteiger partial charge in [-0.3, -0.25) is 0 Å². The van der Waals surface area contributed by atoms with Gasteiger partial charge >= 0.3 is 5.97 Å². The van der Waals surface area contributed by atoms with Gasteiger partial charge in [-0.15, -0.1) is 10.2 Å². The van der Waals surface area contributed by atoms with Crippen LogP contribution in [-0.4, -0.2) is 28.4 Å². The lowest BCUT2D eigenvalue weighted by Crippen LogP contribution is -1.96. The second-order valence-electron chi connectivity index (χ2n) is 6.34. The lowest BCUT2D eigenvalue weighted by molar-refractivity contribution is -0.131. The summed E-state index contributed by atoms with van der Waals surface area (Å²) in [5, 5.41) is 18.1. The zero-order valence-corrected chi connectivity index (χ0v) is 19.6. The summed E-state index contributed by atoms with van der Waals surface area (Å²) in [4.78, 5) is 11.7. The molecule has 4 rings (SSSR count). The fraction of sp³-hybridized carbons (Fsp3) is 0.0455. The number of methoxy groups -OCH3 is 1. The number of aromatic nitrogens is 2. The van der Waals surface area contributed by atoms with Crippen LogP contribution in [0.4, 0.5) is 0 Å². The molecule has 0 aliphatic rings. The van der Waals surface area contributed by atoms with E-state index in [2.05, 4.69) is 26.1 Å². The van der Waals surface area contributed by atoms with Crippen molar-refractivity contribution in [2.45, 2.75) is 5.22 Å². The molecule has 0 fully saturated rings. The van der Waals surface area contributed by atoms with Crippen molar-refractivity contribution in [1.82, 2.24) is 10.2 Å². The van der Waals surface area contributed by atoms with E-state index in [0.29, 0.717) is 27.9 Å². The highest BCUT2D eigenvalue weighted by Crippen LogP contribution is 2.35. The number of carbonyl (C=O) groups is 1. The minimum Gasteiger partial charge on any atom is -0.496 e. The number of nitrogens with zero attached hydrogens (tertiary/aromatic N) is 2. The third kappa shape index (κ3) is 5.07. The van der Waals surface area contributed by atoms with Gasteiger partial charge in [0.2, 0.25) is 0 Å². The van der Waals surface area contributed by atoms with Gasteiger partial charge in [-0.2, -0.15) is 0 Å². The average Bonchev–Trinajstić information content (AvgIpc) is 3.43. The van der Waals surface area contributed by atoms with Gasteiger partial charge in [0.05, 0.1) is 12.7 Å². The van der Waals surface area contributed by atoms with Gasteiger partial charge in [-0.05, 0) is 54.2 Å². The van der Waals surface area contributed by atoms with Crippen molar-refractivity contribution in [1.29, 1.82) is 0 Å². The molecule has 0 amide bonds. The molecule has 0 unspecified atom stereocenters. The Morgan fingerprint density at radius 2 is 1.91 bits per heavy atom. The molecule has 0 aliphatic carbocycles. The highest BCUT2D eigenvalue weighted by molar-refractivity contribution is 9.10. The highest BCUT2D eigenvalue weighted by atomic mass is 79.9. The van der Waals surface area contributed by atoms with E-state index >= 15 is 0 Å². The Bertz CT molecular complexity index is 1300. The number of hydrogen-bond acceptors (Lipinski definition) is 7. The van der Waals surface area contributed by atoms with Crippen LogP contribution in [-0.2, 0) is 4.79 Å². The molecular weight excluding hydrogens is 520 g/mol. The van der Waals surface area contributed by atoms with E-state index in [0.717, 1.165) is 21.8 Å². The molecule has 0 radical (unpaired) electrons. The van der Waals surface area contributed by atoms with Gasteiger partial charge in [-0.25, -0.2) is 4.79 Å².